The molecule has 0 radical (unpaired) electrons. The van der Waals surface area contributed by atoms with Gasteiger partial charge in [-0.1, -0.05) is 18.7 Å². The Balaban J connectivity index is 1.98. The number of rotatable bonds is 5. The van der Waals surface area contributed by atoms with Crippen LogP contribution in [0, 0.1) is 6.92 Å². The van der Waals surface area contributed by atoms with Crippen molar-refractivity contribution in [2.45, 2.75) is 42.7 Å². The average Bonchev–Trinajstić information content (AvgIpc) is 3.10. The van der Waals surface area contributed by atoms with Crippen LogP contribution in [0.1, 0.15) is 24.8 Å². The number of hydrogen-bond donors (Lipinski definition) is 1. The lowest BCUT2D eigenvalue weighted by atomic mass is 10.1. The molecule has 0 saturated carbocycles. The lowest BCUT2D eigenvalue weighted by molar-refractivity contribution is 0.527. The molecule has 106 valence electrons. The van der Waals surface area contributed by atoms with Crippen LogP contribution < -0.4 is 5.73 Å². The zero-order valence-electron chi connectivity index (χ0n) is 11.5. The number of fused-ring (bicyclic) bond motifs is 1. The molecule has 3 aromatic rings. The lowest BCUT2D eigenvalue weighted by Gasteiger charge is -2.09. The van der Waals surface area contributed by atoms with Gasteiger partial charge in [-0.15, -0.1) is 11.3 Å². The van der Waals surface area contributed by atoms with E-state index in [1.54, 1.807) is 29.4 Å². The second-order valence-corrected chi connectivity index (χ2v) is 6.64. The van der Waals surface area contributed by atoms with Gasteiger partial charge >= 0.3 is 0 Å². The van der Waals surface area contributed by atoms with Gasteiger partial charge < -0.3 is 10.2 Å². The topological polar surface area (TPSA) is 56.5 Å². The van der Waals surface area contributed by atoms with E-state index in [4.69, 9.17) is 15.1 Å². The summed E-state index contributed by atoms with van der Waals surface area (Å²) in [5.41, 5.74) is 7.33. The van der Waals surface area contributed by atoms with Gasteiger partial charge in [-0.25, -0.2) is 4.98 Å². The molecular formula is C14H17N3OS2. The Morgan fingerprint density at radius 1 is 1.55 bits per heavy atom. The molecule has 20 heavy (non-hydrogen) atoms. The molecule has 3 rings (SSSR count). The van der Waals surface area contributed by atoms with Crippen LogP contribution in [0.25, 0.3) is 4.96 Å². The number of hydrogen-bond acceptors (Lipinski definition) is 5. The van der Waals surface area contributed by atoms with E-state index in [9.17, 15) is 0 Å². The molecule has 0 amide bonds. The highest BCUT2D eigenvalue weighted by Gasteiger charge is 2.17. The molecule has 6 heteroatoms. The van der Waals surface area contributed by atoms with Crippen molar-refractivity contribution in [3.8, 4) is 0 Å². The van der Waals surface area contributed by atoms with Crippen LogP contribution in [0.2, 0.25) is 0 Å². The monoisotopic (exact) mass is 307 g/mol. The molecule has 1 atom stereocenters. The summed E-state index contributed by atoms with van der Waals surface area (Å²) in [6, 6.07) is 2.15. The highest BCUT2D eigenvalue weighted by Crippen LogP contribution is 2.34. The third-order valence-corrected chi connectivity index (χ3v) is 5.24. The van der Waals surface area contributed by atoms with E-state index in [0.717, 1.165) is 33.5 Å². The van der Waals surface area contributed by atoms with Gasteiger partial charge in [0.15, 0.2) is 4.96 Å². The summed E-state index contributed by atoms with van der Waals surface area (Å²) in [6.45, 7) is 4.09. The van der Waals surface area contributed by atoms with Crippen LogP contribution in [-0.2, 0) is 6.42 Å². The van der Waals surface area contributed by atoms with Crippen molar-refractivity contribution in [2.75, 3.05) is 0 Å². The van der Waals surface area contributed by atoms with Gasteiger partial charge in [0.25, 0.3) is 0 Å². The maximum Gasteiger partial charge on any atom is 0.194 e. The van der Waals surface area contributed by atoms with Crippen molar-refractivity contribution in [3.05, 3.63) is 35.4 Å². The van der Waals surface area contributed by atoms with E-state index >= 15 is 0 Å². The Hall–Kier alpha value is -1.24. The van der Waals surface area contributed by atoms with E-state index < -0.39 is 0 Å². The maximum absolute atomic E-state index is 6.13. The van der Waals surface area contributed by atoms with Crippen LogP contribution in [0.5, 0.6) is 0 Å². The molecule has 0 spiro atoms. The lowest BCUT2D eigenvalue weighted by Crippen LogP contribution is -2.22. The van der Waals surface area contributed by atoms with Gasteiger partial charge in [0, 0.05) is 24.0 Å². The van der Waals surface area contributed by atoms with Crippen LogP contribution in [0.15, 0.2) is 38.2 Å². The van der Waals surface area contributed by atoms with Crippen molar-refractivity contribution in [2.24, 2.45) is 5.73 Å². The van der Waals surface area contributed by atoms with Crippen molar-refractivity contribution in [1.29, 1.82) is 0 Å². The summed E-state index contributed by atoms with van der Waals surface area (Å²) >= 11 is 3.30. The summed E-state index contributed by atoms with van der Waals surface area (Å²) in [5.74, 6) is 0.928. The largest absolute Gasteiger partial charge is 0.468 e. The van der Waals surface area contributed by atoms with Gasteiger partial charge in [0.05, 0.1) is 16.9 Å². The minimum absolute atomic E-state index is 0.166. The van der Waals surface area contributed by atoms with E-state index in [-0.39, 0.29) is 6.04 Å². The van der Waals surface area contributed by atoms with E-state index in [1.165, 1.54) is 5.69 Å². The van der Waals surface area contributed by atoms with Crippen molar-refractivity contribution in [3.63, 3.8) is 0 Å². The predicted molar refractivity (Wildman–Crippen MR) is 82.6 cm³/mol. The normalized spacial score (nSPS) is 13.2. The fourth-order valence-corrected chi connectivity index (χ4v) is 3.80. The van der Waals surface area contributed by atoms with Crippen LogP contribution in [-0.4, -0.2) is 15.4 Å². The van der Waals surface area contributed by atoms with Crippen LogP contribution in [0.4, 0.5) is 0 Å². The van der Waals surface area contributed by atoms with E-state index in [0.29, 0.717) is 0 Å². The highest BCUT2D eigenvalue weighted by atomic mass is 32.2. The minimum atomic E-state index is 0.166. The first-order valence-corrected chi connectivity index (χ1v) is 8.30. The molecule has 1 unspecified atom stereocenters. The zero-order chi connectivity index (χ0) is 14.1. The Labute approximate surface area is 126 Å². The number of nitrogens with zero attached hydrogens (tertiary/aromatic N) is 2. The molecule has 4 nitrogen and oxygen atoms in total. The number of aryl methyl sites for hydroxylation is 1. The SMILES string of the molecule is CCC(N)Cc1c(Sc2ccoc2C)nc2sccn12. The van der Waals surface area contributed by atoms with Crippen molar-refractivity contribution >= 4 is 28.1 Å². The van der Waals surface area contributed by atoms with Crippen LogP contribution >= 0.6 is 23.1 Å². The molecule has 0 aliphatic rings. The Morgan fingerprint density at radius 3 is 3.10 bits per heavy atom. The quantitative estimate of drug-likeness (QED) is 0.780. The summed E-state index contributed by atoms with van der Waals surface area (Å²) in [7, 11) is 0. The maximum atomic E-state index is 6.13. The minimum Gasteiger partial charge on any atom is -0.468 e. The second kappa shape index (κ2) is 5.63. The van der Waals surface area contributed by atoms with Gasteiger partial charge in [-0.05, 0) is 19.4 Å². The van der Waals surface area contributed by atoms with Gasteiger partial charge in [0.2, 0.25) is 0 Å². The molecule has 0 aliphatic heterocycles. The zero-order valence-corrected chi connectivity index (χ0v) is 13.1. The third kappa shape index (κ3) is 2.51. The molecule has 0 aromatic carbocycles. The Kier molecular flexibility index (Phi) is 3.87. The van der Waals surface area contributed by atoms with Crippen molar-refractivity contribution in [1.82, 2.24) is 9.38 Å². The van der Waals surface area contributed by atoms with Crippen molar-refractivity contribution < 1.29 is 4.42 Å². The summed E-state index contributed by atoms with van der Waals surface area (Å²) in [6.07, 6.45) is 5.59. The first-order chi connectivity index (χ1) is 9.69. The summed E-state index contributed by atoms with van der Waals surface area (Å²) in [4.78, 5) is 6.86. The van der Waals surface area contributed by atoms with Crippen LogP contribution in [0.3, 0.4) is 0 Å². The number of aromatic nitrogens is 2. The molecule has 2 N–H and O–H groups in total. The first-order valence-electron chi connectivity index (χ1n) is 6.61. The molecule has 3 aromatic heterocycles. The molecule has 0 saturated heterocycles. The molecule has 3 heterocycles. The highest BCUT2D eigenvalue weighted by molar-refractivity contribution is 7.99. The second-order valence-electron chi connectivity index (χ2n) is 4.73. The molecule has 0 fully saturated rings. The molecule has 0 aliphatic carbocycles. The number of thiazole rings is 1. The van der Waals surface area contributed by atoms with Gasteiger partial charge in [-0.2, -0.15) is 0 Å². The molecular weight excluding hydrogens is 290 g/mol. The first kappa shape index (κ1) is 13.7. The van der Waals surface area contributed by atoms with Gasteiger partial charge in [0.1, 0.15) is 10.8 Å². The number of furan rings is 1. The third-order valence-electron chi connectivity index (χ3n) is 3.32. The van der Waals surface area contributed by atoms with E-state index in [2.05, 4.69) is 22.9 Å². The smallest absolute Gasteiger partial charge is 0.194 e. The predicted octanol–water partition coefficient (Wildman–Crippen LogP) is 3.73. The fourth-order valence-electron chi connectivity index (χ4n) is 2.06. The summed E-state index contributed by atoms with van der Waals surface area (Å²) < 4.78 is 7.51. The number of nitrogens with two attached hydrogens (primary N) is 1. The van der Waals surface area contributed by atoms with Gasteiger partial charge in [-0.3, -0.25) is 4.40 Å². The number of imidazole rings is 1. The standard InChI is InChI=1S/C14H17N3OS2/c1-3-10(15)8-11-13(16-14-17(11)5-7-19-14)20-12-4-6-18-9(12)2/h4-7,10H,3,8,15H2,1-2H3. The van der Waals surface area contributed by atoms with E-state index in [1.807, 2.05) is 13.0 Å². The average molecular weight is 307 g/mol. The fraction of sp³-hybridized carbons (Fsp3) is 0.357. The Morgan fingerprint density at radius 2 is 2.40 bits per heavy atom. The summed E-state index contributed by atoms with van der Waals surface area (Å²) in [5, 5.41) is 3.09. The molecule has 0 bridgehead atoms. The Bertz CT molecular complexity index is 713.